The fourth-order valence-electron chi connectivity index (χ4n) is 1.72. The van der Waals surface area contributed by atoms with Gasteiger partial charge < -0.3 is 10.6 Å². The molecule has 1 aromatic carbocycles. The second kappa shape index (κ2) is 7.58. The number of sulfone groups is 1. The SMILES string of the molecule is CN(CCS(C)(=O)=O)C(=O)C(C)(N)c1ccc(Br)cc1.Cl. The maximum atomic E-state index is 12.4. The predicted octanol–water partition coefficient (Wildman–Crippen LogP) is 1.55. The minimum absolute atomic E-state index is 0. The van der Waals surface area contributed by atoms with Crippen molar-refractivity contribution in [1.29, 1.82) is 0 Å². The van der Waals surface area contributed by atoms with Crippen LogP contribution in [-0.4, -0.2) is 44.8 Å². The van der Waals surface area contributed by atoms with Gasteiger partial charge in [0.25, 0.3) is 0 Å². The molecule has 1 unspecified atom stereocenters. The Hall–Kier alpha value is -0.630. The molecule has 120 valence electrons. The van der Waals surface area contributed by atoms with Crippen molar-refractivity contribution in [2.75, 3.05) is 25.6 Å². The van der Waals surface area contributed by atoms with Gasteiger partial charge in [0.05, 0.1) is 5.75 Å². The summed E-state index contributed by atoms with van der Waals surface area (Å²) in [6, 6.07) is 7.16. The number of nitrogens with zero attached hydrogens (tertiary/aromatic N) is 1. The maximum absolute atomic E-state index is 12.4. The van der Waals surface area contributed by atoms with Crippen LogP contribution in [0.5, 0.6) is 0 Å². The van der Waals surface area contributed by atoms with Gasteiger partial charge in [-0.05, 0) is 24.6 Å². The Balaban J connectivity index is 0.00000400. The lowest BCUT2D eigenvalue weighted by Crippen LogP contribution is -2.50. The molecule has 1 rings (SSSR count). The second-order valence-electron chi connectivity index (χ2n) is 5.07. The van der Waals surface area contributed by atoms with E-state index in [0.29, 0.717) is 5.56 Å². The van der Waals surface area contributed by atoms with E-state index in [2.05, 4.69) is 15.9 Å². The van der Waals surface area contributed by atoms with Gasteiger partial charge in [0, 0.05) is 24.3 Å². The summed E-state index contributed by atoms with van der Waals surface area (Å²) in [7, 11) is -1.56. The molecule has 0 aromatic heterocycles. The quantitative estimate of drug-likeness (QED) is 0.814. The standard InChI is InChI=1S/C13H19BrN2O3S.ClH/c1-13(15,10-4-6-11(14)7-5-10)12(17)16(2)8-9-20(3,18)19;/h4-7H,8-9,15H2,1-3H3;1H. The molecule has 0 bridgehead atoms. The highest BCUT2D eigenvalue weighted by Crippen LogP contribution is 2.22. The molecule has 0 radical (unpaired) electrons. The Kier molecular flexibility index (Phi) is 7.35. The van der Waals surface area contributed by atoms with E-state index in [1.165, 1.54) is 4.90 Å². The smallest absolute Gasteiger partial charge is 0.246 e. The van der Waals surface area contributed by atoms with E-state index in [9.17, 15) is 13.2 Å². The topological polar surface area (TPSA) is 80.5 Å². The van der Waals surface area contributed by atoms with E-state index in [1.807, 2.05) is 12.1 Å². The van der Waals surface area contributed by atoms with Crippen molar-refractivity contribution >= 4 is 44.1 Å². The maximum Gasteiger partial charge on any atom is 0.246 e. The third-order valence-electron chi connectivity index (χ3n) is 3.03. The fourth-order valence-corrected chi connectivity index (χ4v) is 2.59. The van der Waals surface area contributed by atoms with Gasteiger partial charge in [-0.25, -0.2) is 8.42 Å². The number of carbonyl (C=O) groups is 1. The zero-order chi connectivity index (χ0) is 15.6. The number of amides is 1. The van der Waals surface area contributed by atoms with Crippen LogP contribution < -0.4 is 5.73 Å². The molecular formula is C13H20BrClN2O3S. The number of nitrogens with two attached hydrogens (primary N) is 1. The normalized spacial score (nSPS) is 14.0. The third-order valence-corrected chi connectivity index (χ3v) is 4.49. The first kappa shape index (κ1) is 20.4. The van der Waals surface area contributed by atoms with E-state index in [0.717, 1.165) is 10.7 Å². The number of halogens is 2. The molecule has 21 heavy (non-hydrogen) atoms. The first-order valence-electron chi connectivity index (χ1n) is 6.02. The van der Waals surface area contributed by atoms with Gasteiger partial charge in [0.1, 0.15) is 15.4 Å². The molecule has 0 aliphatic carbocycles. The number of benzene rings is 1. The van der Waals surface area contributed by atoms with E-state index in [4.69, 9.17) is 5.73 Å². The van der Waals surface area contributed by atoms with Crippen LogP contribution in [-0.2, 0) is 20.2 Å². The van der Waals surface area contributed by atoms with Crippen molar-refractivity contribution in [3.63, 3.8) is 0 Å². The van der Waals surface area contributed by atoms with Gasteiger partial charge in [-0.1, -0.05) is 28.1 Å². The Morgan fingerprint density at radius 3 is 2.24 bits per heavy atom. The summed E-state index contributed by atoms with van der Waals surface area (Å²) >= 11 is 3.32. The Bertz CT molecular complexity index is 588. The molecule has 0 heterocycles. The van der Waals surface area contributed by atoms with Crippen LogP contribution in [0.3, 0.4) is 0 Å². The highest BCUT2D eigenvalue weighted by Gasteiger charge is 2.33. The van der Waals surface area contributed by atoms with Crippen LogP contribution in [0.15, 0.2) is 28.7 Å². The van der Waals surface area contributed by atoms with Crippen LogP contribution in [0.25, 0.3) is 0 Å². The average Bonchev–Trinajstić information content (AvgIpc) is 2.34. The lowest BCUT2D eigenvalue weighted by Gasteiger charge is -2.29. The average molecular weight is 400 g/mol. The Labute approximate surface area is 140 Å². The van der Waals surface area contributed by atoms with Crippen molar-refractivity contribution in [2.45, 2.75) is 12.5 Å². The second-order valence-corrected chi connectivity index (χ2v) is 8.24. The lowest BCUT2D eigenvalue weighted by molar-refractivity contribution is -0.135. The van der Waals surface area contributed by atoms with Gasteiger partial charge in [-0.2, -0.15) is 0 Å². The summed E-state index contributed by atoms with van der Waals surface area (Å²) < 4.78 is 23.2. The summed E-state index contributed by atoms with van der Waals surface area (Å²) in [5, 5.41) is 0. The molecule has 0 saturated carbocycles. The molecule has 0 aliphatic rings. The molecule has 0 saturated heterocycles. The zero-order valence-electron chi connectivity index (χ0n) is 12.2. The van der Waals surface area contributed by atoms with Crippen LogP contribution in [0, 0.1) is 0 Å². The monoisotopic (exact) mass is 398 g/mol. The van der Waals surface area contributed by atoms with E-state index >= 15 is 0 Å². The van der Waals surface area contributed by atoms with Gasteiger partial charge in [0.15, 0.2) is 0 Å². The number of likely N-dealkylation sites (N-methyl/N-ethyl adjacent to an activating group) is 1. The van der Waals surface area contributed by atoms with Gasteiger partial charge in [-0.15, -0.1) is 12.4 Å². The van der Waals surface area contributed by atoms with Crippen molar-refractivity contribution < 1.29 is 13.2 Å². The third kappa shape index (κ3) is 5.94. The van der Waals surface area contributed by atoms with Crippen molar-refractivity contribution in [2.24, 2.45) is 5.73 Å². The molecule has 1 aromatic rings. The van der Waals surface area contributed by atoms with Crippen LogP contribution >= 0.6 is 28.3 Å². The molecular weight excluding hydrogens is 380 g/mol. The summed E-state index contributed by atoms with van der Waals surface area (Å²) in [6.45, 7) is 1.75. The molecule has 2 N–H and O–H groups in total. The summed E-state index contributed by atoms with van der Waals surface area (Å²) in [5.74, 6) is -0.394. The molecule has 1 atom stereocenters. The Morgan fingerprint density at radius 1 is 1.33 bits per heavy atom. The number of carbonyl (C=O) groups excluding carboxylic acids is 1. The lowest BCUT2D eigenvalue weighted by atomic mass is 9.92. The highest BCUT2D eigenvalue weighted by atomic mass is 79.9. The van der Waals surface area contributed by atoms with Gasteiger partial charge >= 0.3 is 0 Å². The molecule has 5 nitrogen and oxygen atoms in total. The number of rotatable bonds is 5. The van der Waals surface area contributed by atoms with Crippen LogP contribution in [0.4, 0.5) is 0 Å². The van der Waals surface area contributed by atoms with E-state index in [-0.39, 0.29) is 30.6 Å². The molecule has 1 amide bonds. The van der Waals surface area contributed by atoms with Gasteiger partial charge in [-0.3, -0.25) is 4.79 Å². The number of hydrogen-bond donors (Lipinski definition) is 1. The minimum Gasteiger partial charge on any atom is -0.343 e. The fraction of sp³-hybridized carbons (Fsp3) is 0.462. The summed E-state index contributed by atoms with van der Waals surface area (Å²) in [4.78, 5) is 13.7. The van der Waals surface area contributed by atoms with Crippen molar-refractivity contribution in [3.05, 3.63) is 34.3 Å². The molecule has 8 heteroatoms. The predicted molar refractivity (Wildman–Crippen MR) is 90.3 cm³/mol. The first-order valence-corrected chi connectivity index (χ1v) is 8.87. The largest absolute Gasteiger partial charge is 0.343 e. The zero-order valence-corrected chi connectivity index (χ0v) is 15.4. The summed E-state index contributed by atoms with van der Waals surface area (Å²) in [6.07, 6.45) is 1.14. The summed E-state index contributed by atoms with van der Waals surface area (Å²) in [5.41, 5.74) is 5.61. The number of hydrogen-bond acceptors (Lipinski definition) is 4. The highest BCUT2D eigenvalue weighted by molar-refractivity contribution is 9.10. The first-order chi connectivity index (χ1) is 9.04. The Morgan fingerprint density at radius 2 is 1.81 bits per heavy atom. The van der Waals surface area contributed by atoms with E-state index < -0.39 is 15.4 Å². The van der Waals surface area contributed by atoms with Crippen molar-refractivity contribution in [1.82, 2.24) is 4.90 Å². The minimum atomic E-state index is -3.11. The molecule has 0 aliphatic heterocycles. The van der Waals surface area contributed by atoms with Crippen LogP contribution in [0.1, 0.15) is 12.5 Å². The van der Waals surface area contributed by atoms with Gasteiger partial charge in [0.2, 0.25) is 5.91 Å². The molecule has 0 spiro atoms. The van der Waals surface area contributed by atoms with Crippen LogP contribution in [0.2, 0.25) is 0 Å². The molecule has 0 fully saturated rings. The van der Waals surface area contributed by atoms with E-state index in [1.54, 1.807) is 26.1 Å². The van der Waals surface area contributed by atoms with Crippen molar-refractivity contribution in [3.8, 4) is 0 Å².